The highest BCUT2D eigenvalue weighted by atomic mass is 16.5. The standard InChI is InChI=1S/C24H26N2O4/c27-21-17-22(30-24(21)29)23(28)26(19-9-5-2-6-10-19)20-12-15-25(16-13-20)14-11-18-7-3-1-4-8-18/h1-10,17,20,27,29H,11-16H2. The van der Waals surface area contributed by atoms with Crippen molar-refractivity contribution in [2.45, 2.75) is 25.3 Å². The van der Waals surface area contributed by atoms with Gasteiger partial charge in [0.15, 0.2) is 5.76 Å². The van der Waals surface area contributed by atoms with Crippen molar-refractivity contribution >= 4 is 11.6 Å². The Hall–Kier alpha value is -3.25. The van der Waals surface area contributed by atoms with Gasteiger partial charge in [-0.25, -0.2) is 0 Å². The third kappa shape index (κ3) is 4.49. The number of hydrogen-bond acceptors (Lipinski definition) is 5. The lowest BCUT2D eigenvalue weighted by Gasteiger charge is -2.38. The molecule has 1 aliphatic rings. The number of carbonyl (C=O) groups excluding carboxylic acids is 1. The highest BCUT2D eigenvalue weighted by Crippen LogP contribution is 2.32. The van der Waals surface area contributed by atoms with Crippen molar-refractivity contribution < 1.29 is 19.4 Å². The van der Waals surface area contributed by atoms with Gasteiger partial charge in [0, 0.05) is 37.4 Å². The maximum absolute atomic E-state index is 13.2. The van der Waals surface area contributed by atoms with Crippen molar-refractivity contribution in [3.05, 3.63) is 78.1 Å². The molecule has 0 radical (unpaired) electrons. The lowest BCUT2D eigenvalue weighted by molar-refractivity contribution is 0.0927. The third-order valence-electron chi connectivity index (χ3n) is 5.64. The summed E-state index contributed by atoms with van der Waals surface area (Å²) in [5.74, 6) is -1.50. The van der Waals surface area contributed by atoms with E-state index in [1.165, 1.54) is 11.6 Å². The number of nitrogens with zero attached hydrogens (tertiary/aromatic N) is 2. The Bertz CT molecular complexity index is 944. The van der Waals surface area contributed by atoms with E-state index >= 15 is 0 Å². The smallest absolute Gasteiger partial charge is 0.326 e. The topological polar surface area (TPSA) is 77.1 Å². The Morgan fingerprint density at radius 2 is 1.63 bits per heavy atom. The predicted octanol–water partition coefficient (Wildman–Crippen LogP) is 4.04. The number of carbonyl (C=O) groups is 1. The van der Waals surface area contributed by atoms with Gasteiger partial charge in [0.25, 0.3) is 5.91 Å². The summed E-state index contributed by atoms with van der Waals surface area (Å²) in [5, 5.41) is 19.2. The van der Waals surface area contributed by atoms with Crippen LogP contribution >= 0.6 is 0 Å². The van der Waals surface area contributed by atoms with Gasteiger partial charge in [-0.05, 0) is 37.0 Å². The summed E-state index contributed by atoms with van der Waals surface area (Å²) in [6.07, 6.45) is 2.69. The summed E-state index contributed by atoms with van der Waals surface area (Å²) in [7, 11) is 0. The fourth-order valence-corrected chi connectivity index (χ4v) is 4.01. The molecule has 1 saturated heterocycles. The Labute approximate surface area is 176 Å². The maximum Gasteiger partial charge on any atom is 0.326 e. The van der Waals surface area contributed by atoms with Crippen molar-refractivity contribution in [1.82, 2.24) is 4.90 Å². The molecule has 1 aromatic heterocycles. The molecule has 1 fully saturated rings. The van der Waals surface area contributed by atoms with Crippen molar-refractivity contribution in [1.29, 1.82) is 0 Å². The molecule has 156 valence electrons. The van der Waals surface area contributed by atoms with E-state index in [1.54, 1.807) is 4.90 Å². The van der Waals surface area contributed by atoms with Crippen LogP contribution < -0.4 is 4.90 Å². The molecule has 0 unspecified atom stereocenters. The summed E-state index contributed by atoms with van der Waals surface area (Å²) in [6, 6.07) is 21.1. The quantitative estimate of drug-likeness (QED) is 0.646. The summed E-state index contributed by atoms with van der Waals surface area (Å²) < 4.78 is 5.08. The van der Waals surface area contributed by atoms with Crippen molar-refractivity contribution in [3.63, 3.8) is 0 Å². The first kappa shape index (κ1) is 20.0. The molecule has 6 heteroatoms. The summed E-state index contributed by atoms with van der Waals surface area (Å²) >= 11 is 0. The second-order valence-electron chi connectivity index (χ2n) is 7.62. The number of likely N-dealkylation sites (tertiary alicyclic amines) is 1. The zero-order valence-electron chi connectivity index (χ0n) is 16.8. The van der Waals surface area contributed by atoms with Crippen molar-refractivity contribution in [2.75, 3.05) is 24.5 Å². The molecule has 0 bridgehead atoms. The highest BCUT2D eigenvalue weighted by molar-refractivity contribution is 6.05. The van der Waals surface area contributed by atoms with E-state index in [0.29, 0.717) is 0 Å². The van der Waals surface area contributed by atoms with Crippen LogP contribution in [0.25, 0.3) is 0 Å². The number of rotatable bonds is 6. The van der Waals surface area contributed by atoms with Crippen LogP contribution in [0.5, 0.6) is 11.7 Å². The minimum Gasteiger partial charge on any atom is -0.502 e. The average molecular weight is 406 g/mol. The molecule has 0 aliphatic carbocycles. The van der Waals surface area contributed by atoms with Gasteiger partial charge in [0.2, 0.25) is 5.75 Å². The first-order valence-electron chi connectivity index (χ1n) is 10.3. The molecule has 0 atom stereocenters. The van der Waals surface area contributed by atoms with E-state index in [4.69, 9.17) is 4.42 Å². The fourth-order valence-electron chi connectivity index (χ4n) is 4.01. The van der Waals surface area contributed by atoms with E-state index in [0.717, 1.165) is 44.6 Å². The number of furan rings is 1. The zero-order chi connectivity index (χ0) is 20.9. The molecule has 1 amide bonds. The lowest BCUT2D eigenvalue weighted by Crippen LogP contribution is -2.48. The summed E-state index contributed by atoms with van der Waals surface area (Å²) in [4.78, 5) is 17.4. The molecule has 2 heterocycles. The van der Waals surface area contributed by atoms with Crippen LogP contribution in [-0.2, 0) is 6.42 Å². The molecular formula is C24H26N2O4. The molecule has 2 N–H and O–H groups in total. The zero-order valence-corrected chi connectivity index (χ0v) is 16.8. The second kappa shape index (κ2) is 9.05. The first-order valence-corrected chi connectivity index (χ1v) is 10.3. The molecule has 0 spiro atoms. The van der Waals surface area contributed by atoms with Crippen LogP contribution in [0.4, 0.5) is 5.69 Å². The molecule has 0 saturated carbocycles. The number of benzene rings is 2. The van der Waals surface area contributed by atoms with Crippen LogP contribution in [-0.4, -0.2) is 46.7 Å². The van der Waals surface area contributed by atoms with Crippen LogP contribution in [0.1, 0.15) is 29.0 Å². The van der Waals surface area contributed by atoms with Gasteiger partial charge in [0.1, 0.15) is 0 Å². The monoisotopic (exact) mass is 406 g/mol. The van der Waals surface area contributed by atoms with E-state index in [1.807, 2.05) is 36.4 Å². The molecule has 6 nitrogen and oxygen atoms in total. The van der Waals surface area contributed by atoms with E-state index in [2.05, 4.69) is 29.2 Å². The molecular weight excluding hydrogens is 380 g/mol. The van der Waals surface area contributed by atoms with Crippen LogP contribution in [0.2, 0.25) is 0 Å². The number of piperidine rings is 1. The van der Waals surface area contributed by atoms with Gasteiger partial charge < -0.3 is 24.4 Å². The van der Waals surface area contributed by atoms with E-state index < -0.39 is 11.7 Å². The fraction of sp³-hybridized carbons (Fsp3) is 0.292. The molecule has 4 rings (SSSR count). The second-order valence-corrected chi connectivity index (χ2v) is 7.62. The average Bonchev–Trinajstić information content (AvgIpc) is 3.13. The van der Waals surface area contributed by atoms with Gasteiger partial charge in [-0.3, -0.25) is 4.79 Å². The minimum absolute atomic E-state index is 0.0160. The van der Waals surface area contributed by atoms with Gasteiger partial charge in [-0.1, -0.05) is 48.5 Å². The SMILES string of the molecule is O=C(c1cc(O)c(O)o1)N(c1ccccc1)C1CCN(CCc2ccccc2)CC1. The predicted molar refractivity (Wildman–Crippen MR) is 115 cm³/mol. The number of para-hydroxylation sites is 1. The van der Waals surface area contributed by atoms with Gasteiger partial charge in [0.05, 0.1) is 0 Å². The van der Waals surface area contributed by atoms with Gasteiger partial charge in [-0.2, -0.15) is 0 Å². The molecule has 30 heavy (non-hydrogen) atoms. The normalized spacial score (nSPS) is 15.2. The Balaban J connectivity index is 1.45. The summed E-state index contributed by atoms with van der Waals surface area (Å²) in [6.45, 7) is 2.81. The summed E-state index contributed by atoms with van der Waals surface area (Å²) in [5.41, 5.74) is 2.11. The van der Waals surface area contributed by atoms with Crippen molar-refractivity contribution in [3.8, 4) is 11.7 Å². The Morgan fingerprint density at radius 3 is 2.23 bits per heavy atom. The molecule has 2 aromatic carbocycles. The maximum atomic E-state index is 13.2. The number of anilines is 1. The van der Waals surface area contributed by atoms with Gasteiger partial charge >= 0.3 is 5.95 Å². The highest BCUT2D eigenvalue weighted by Gasteiger charge is 2.32. The third-order valence-corrected chi connectivity index (χ3v) is 5.64. The largest absolute Gasteiger partial charge is 0.502 e. The number of aromatic hydroxyl groups is 2. The van der Waals surface area contributed by atoms with Crippen molar-refractivity contribution in [2.24, 2.45) is 0 Å². The molecule has 1 aliphatic heterocycles. The van der Waals surface area contributed by atoms with Crippen LogP contribution in [0.15, 0.2) is 71.1 Å². The molecule has 3 aromatic rings. The van der Waals surface area contributed by atoms with Crippen LogP contribution in [0.3, 0.4) is 0 Å². The van der Waals surface area contributed by atoms with E-state index in [9.17, 15) is 15.0 Å². The number of hydrogen-bond donors (Lipinski definition) is 2. The Morgan fingerprint density at radius 1 is 1.00 bits per heavy atom. The van der Waals surface area contributed by atoms with Gasteiger partial charge in [-0.15, -0.1) is 0 Å². The first-order chi connectivity index (χ1) is 14.6. The van der Waals surface area contributed by atoms with Crippen LogP contribution in [0, 0.1) is 0 Å². The van der Waals surface area contributed by atoms with E-state index in [-0.39, 0.29) is 17.7 Å². The lowest BCUT2D eigenvalue weighted by atomic mass is 10.0. The number of amides is 1. The Kier molecular flexibility index (Phi) is 6.05. The minimum atomic E-state index is -0.637.